The Labute approximate surface area is 104 Å². The van der Waals surface area contributed by atoms with Crippen molar-refractivity contribution in [1.82, 2.24) is 0 Å². The molecule has 3 heteroatoms. The Morgan fingerprint density at radius 2 is 1.82 bits per heavy atom. The van der Waals surface area contributed by atoms with E-state index >= 15 is 0 Å². The van der Waals surface area contributed by atoms with Gasteiger partial charge in [-0.25, -0.2) is 0 Å². The van der Waals surface area contributed by atoms with Crippen LogP contribution in [0, 0.1) is 5.92 Å². The van der Waals surface area contributed by atoms with Crippen molar-refractivity contribution in [2.75, 3.05) is 14.2 Å². The minimum absolute atomic E-state index is 0.00227. The Balaban J connectivity index is 2.88. The zero-order valence-corrected chi connectivity index (χ0v) is 11.2. The summed E-state index contributed by atoms with van der Waals surface area (Å²) in [6.07, 6.45) is 2.07. The molecule has 0 aliphatic rings. The van der Waals surface area contributed by atoms with Crippen LogP contribution in [0.2, 0.25) is 0 Å². The number of benzene rings is 1. The molecule has 0 aliphatic heterocycles. The molecule has 3 nitrogen and oxygen atoms in total. The van der Waals surface area contributed by atoms with E-state index in [4.69, 9.17) is 15.2 Å². The third-order valence-electron chi connectivity index (χ3n) is 2.89. The smallest absolute Gasteiger partial charge is 0.165 e. The number of para-hydroxylation sites is 1. The van der Waals surface area contributed by atoms with Crippen LogP contribution in [0.4, 0.5) is 0 Å². The van der Waals surface area contributed by atoms with Crippen molar-refractivity contribution in [3.05, 3.63) is 23.8 Å². The molecule has 0 fully saturated rings. The number of hydrogen-bond donors (Lipinski definition) is 1. The van der Waals surface area contributed by atoms with Gasteiger partial charge in [0.15, 0.2) is 11.5 Å². The highest BCUT2D eigenvalue weighted by Gasteiger charge is 2.15. The van der Waals surface area contributed by atoms with Gasteiger partial charge >= 0.3 is 0 Å². The fraction of sp³-hybridized carbons (Fsp3) is 0.571. The van der Waals surface area contributed by atoms with E-state index in [1.807, 2.05) is 18.2 Å². The van der Waals surface area contributed by atoms with Crippen LogP contribution in [-0.2, 0) is 0 Å². The van der Waals surface area contributed by atoms with E-state index in [0.717, 1.165) is 29.9 Å². The van der Waals surface area contributed by atoms with Gasteiger partial charge in [-0.3, -0.25) is 0 Å². The van der Waals surface area contributed by atoms with E-state index in [1.54, 1.807) is 14.2 Å². The molecule has 0 saturated heterocycles. The summed E-state index contributed by atoms with van der Waals surface area (Å²) >= 11 is 0. The van der Waals surface area contributed by atoms with E-state index < -0.39 is 0 Å². The maximum absolute atomic E-state index is 6.21. The summed E-state index contributed by atoms with van der Waals surface area (Å²) in [7, 11) is 3.29. The molecule has 0 unspecified atom stereocenters. The molecule has 1 rings (SSSR count). The number of ether oxygens (including phenoxy) is 2. The van der Waals surface area contributed by atoms with E-state index in [2.05, 4.69) is 13.8 Å². The first-order valence-electron chi connectivity index (χ1n) is 6.06. The number of rotatable bonds is 6. The molecule has 0 amide bonds. The van der Waals surface area contributed by atoms with Gasteiger partial charge in [-0.2, -0.15) is 0 Å². The van der Waals surface area contributed by atoms with Gasteiger partial charge in [0.25, 0.3) is 0 Å². The molecular weight excluding hydrogens is 214 g/mol. The fourth-order valence-electron chi connectivity index (χ4n) is 1.87. The SMILES string of the molecule is COc1cccc([C@H](N)CCC(C)C)c1OC. The van der Waals surface area contributed by atoms with Gasteiger partial charge in [-0.15, -0.1) is 0 Å². The van der Waals surface area contributed by atoms with Crippen LogP contribution in [0.15, 0.2) is 18.2 Å². The van der Waals surface area contributed by atoms with Crippen molar-refractivity contribution in [3.63, 3.8) is 0 Å². The fourth-order valence-corrected chi connectivity index (χ4v) is 1.87. The van der Waals surface area contributed by atoms with Crippen LogP contribution < -0.4 is 15.2 Å². The first-order chi connectivity index (χ1) is 8.10. The lowest BCUT2D eigenvalue weighted by Gasteiger charge is -2.18. The molecule has 96 valence electrons. The molecule has 0 saturated carbocycles. The number of nitrogens with two attached hydrogens (primary N) is 1. The molecule has 1 aromatic rings. The number of hydrogen-bond acceptors (Lipinski definition) is 3. The summed E-state index contributed by atoms with van der Waals surface area (Å²) < 4.78 is 10.7. The van der Waals surface area contributed by atoms with Gasteiger partial charge in [-0.1, -0.05) is 26.0 Å². The second kappa shape index (κ2) is 6.50. The monoisotopic (exact) mass is 237 g/mol. The summed E-state index contributed by atoms with van der Waals surface area (Å²) in [6.45, 7) is 4.41. The zero-order valence-electron chi connectivity index (χ0n) is 11.2. The second-order valence-corrected chi connectivity index (χ2v) is 4.66. The third-order valence-corrected chi connectivity index (χ3v) is 2.89. The molecule has 0 radical (unpaired) electrons. The lowest BCUT2D eigenvalue weighted by molar-refractivity contribution is 0.347. The van der Waals surface area contributed by atoms with E-state index in [9.17, 15) is 0 Å². The van der Waals surface area contributed by atoms with Crippen molar-refractivity contribution >= 4 is 0 Å². The van der Waals surface area contributed by atoms with Crippen molar-refractivity contribution in [2.24, 2.45) is 11.7 Å². The van der Waals surface area contributed by atoms with E-state index in [-0.39, 0.29) is 6.04 Å². The van der Waals surface area contributed by atoms with E-state index in [0.29, 0.717) is 5.92 Å². The molecule has 1 atom stereocenters. The zero-order chi connectivity index (χ0) is 12.8. The van der Waals surface area contributed by atoms with Crippen molar-refractivity contribution in [2.45, 2.75) is 32.7 Å². The highest BCUT2D eigenvalue weighted by Crippen LogP contribution is 2.35. The molecule has 0 aliphatic carbocycles. The normalized spacial score (nSPS) is 12.6. The van der Waals surface area contributed by atoms with Gasteiger partial charge in [0.05, 0.1) is 14.2 Å². The Kier molecular flexibility index (Phi) is 5.29. The quantitative estimate of drug-likeness (QED) is 0.826. The molecular formula is C14H23NO2. The van der Waals surface area contributed by atoms with Gasteiger partial charge in [0.2, 0.25) is 0 Å². The molecule has 0 spiro atoms. The van der Waals surface area contributed by atoms with Crippen LogP contribution in [0.5, 0.6) is 11.5 Å². The highest BCUT2D eigenvalue weighted by molar-refractivity contribution is 5.47. The minimum atomic E-state index is 0.00227. The van der Waals surface area contributed by atoms with Crippen LogP contribution in [0.1, 0.15) is 38.3 Å². The topological polar surface area (TPSA) is 44.5 Å². The average Bonchev–Trinajstić information content (AvgIpc) is 2.34. The molecule has 17 heavy (non-hydrogen) atoms. The Hall–Kier alpha value is -1.22. The summed E-state index contributed by atoms with van der Waals surface area (Å²) in [4.78, 5) is 0. The van der Waals surface area contributed by atoms with Crippen LogP contribution in [0.3, 0.4) is 0 Å². The van der Waals surface area contributed by atoms with Crippen molar-refractivity contribution < 1.29 is 9.47 Å². The predicted molar refractivity (Wildman–Crippen MR) is 70.5 cm³/mol. The first-order valence-corrected chi connectivity index (χ1v) is 6.06. The molecule has 2 N–H and O–H groups in total. The number of methoxy groups -OCH3 is 2. The van der Waals surface area contributed by atoms with Crippen molar-refractivity contribution in [3.8, 4) is 11.5 Å². The highest BCUT2D eigenvalue weighted by atomic mass is 16.5. The summed E-state index contributed by atoms with van der Waals surface area (Å²) in [5.41, 5.74) is 7.23. The van der Waals surface area contributed by atoms with Gasteiger partial charge in [0, 0.05) is 11.6 Å². The van der Waals surface area contributed by atoms with Crippen molar-refractivity contribution in [1.29, 1.82) is 0 Å². The predicted octanol–water partition coefficient (Wildman–Crippen LogP) is 3.14. The van der Waals surface area contributed by atoms with E-state index in [1.165, 1.54) is 0 Å². The van der Waals surface area contributed by atoms with Gasteiger partial charge in [0.1, 0.15) is 0 Å². The first kappa shape index (κ1) is 13.8. The lowest BCUT2D eigenvalue weighted by atomic mass is 9.97. The Morgan fingerprint density at radius 3 is 2.35 bits per heavy atom. The lowest BCUT2D eigenvalue weighted by Crippen LogP contribution is -2.13. The maximum Gasteiger partial charge on any atom is 0.165 e. The maximum atomic E-state index is 6.21. The summed E-state index contributed by atoms with van der Waals surface area (Å²) in [6, 6.07) is 5.85. The van der Waals surface area contributed by atoms with Crippen LogP contribution in [0.25, 0.3) is 0 Å². The van der Waals surface area contributed by atoms with Gasteiger partial charge in [-0.05, 0) is 24.8 Å². The summed E-state index contributed by atoms with van der Waals surface area (Å²) in [5.74, 6) is 2.16. The van der Waals surface area contributed by atoms with Crippen LogP contribution >= 0.6 is 0 Å². The molecule has 0 bridgehead atoms. The minimum Gasteiger partial charge on any atom is -0.493 e. The van der Waals surface area contributed by atoms with Gasteiger partial charge < -0.3 is 15.2 Å². The molecule has 0 aromatic heterocycles. The Morgan fingerprint density at radius 1 is 1.12 bits per heavy atom. The molecule has 1 aromatic carbocycles. The summed E-state index contributed by atoms with van der Waals surface area (Å²) in [5, 5.41) is 0. The largest absolute Gasteiger partial charge is 0.493 e. The Bertz CT molecular complexity index is 350. The molecule has 0 heterocycles. The van der Waals surface area contributed by atoms with Crippen LogP contribution in [-0.4, -0.2) is 14.2 Å². The standard InChI is InChI=1S/C14H23NO2/c1-10(2)8-9-12(15)11-6-5-7-13(16-3)14(11)17-4/h5-7,10,12H,8-9,15H2,1-4H3/t12-/m1/s1. The second-order valence-electron chi connectivity index (χ2n) is 4.66. The average molecular weight is 237 g/mol. The third kappa shape index (κ3) is 3.63.